The third-order valence-corrected chi connectivity index (χ3v) is 8.29. The van der Waals surface area contributed by atoms with Crippen LogP contribution in [0.3, 0.4) is 0 Å². The van der Waals surface area contributed by atoms with Crippen molar-refractivity contribution in [1.29, 1.82) is 0 Å². The van der Waals surface area contributed by atoms with Crippen molar-refractivity contribution in [3.8, 4) is 0 Å². The van der Waals surface area contributed by atoms with Crippen molar-refractivity contribution in [3.63, 3.8) is 0 Å². The van der Waals surface area contributed by atoms with Crippen LogP contribution in [0.25, 0.3) is 0 Å². The molecule has 6 N–H and O–H groups in total. The summed E-state index contributed by atoms with van der Waals surface area (Å²) in [4.78, 5) is 25.8. The van der Waals surface area contributed by atoms with Crippen LogP contribution in [-0.4, -0.2) is 11.8 Å². The molecular weight excluding hydrogens is 648 g/mol. The fourth-order valence-electron chi connectivity index (χ4n) is 2.55. The second-order valence-electron chi connectivity index (χ2n) is 6.16. The second kappa shape index (κ2) is 9.51. The summed E-state index contributed by atoms with van der Waals surface area (Å²) in [6.07, 6.45) is 0. The van der Waals surface area contributed by atoms with Crippen LogP contribution >= 0.6 is 63.7 Å². The first-order chi connectivity index (χ1) is 14.2. The molecule has 10 heteroatoms. The van der Waals surface area contributed by atoms with Crippen LogP contribution in [0.2, 0.25) is 0 Å². The van der Waals surface area contributed by atoms with Gasteiger partial charge in [0.25, 0.3) is 11.8 Å². The zero-order chi connectivity index (χ0) is 22.0. The van der Waals surface area contributed by atoms with E-state index in [0.29, 0.717) is 51.8 Å². The van der Waals surface area contributed by atoms with Gasteiger partial charge in [-0.05, 0) is 112 Å². The van der Waals surface area contributed by atoms with Crippen molar-refractivity contribution >= 4 is 98.3 Å². The van der Waals surface area contributed by atoms with Gasteiger partial charge in [0.15, 0.2) is 0 Å². The van der Waals surface area contributed by atoms with Crippen molar-refractivity contribution in [2.45, 2.75) is 0 Å². The molecule has 30 heavy (non-hydrogen) atoms. The lowest BCUT2D eigenvalue weighted by molar-refractivity contribution is 0.101. The minimum atomic E-state index is -0.370. The lowest BCUT2D eigenvalue weighted by atomic mass is 10.1. The highest BCUT2D eigenvalue weighted by molar-refractivity contribution is 9.14. The van der Waals surface area contributed by atoms with Gasteiger partial charge in [0, 0.05) is 40.6 Å². The van der Waals surface area contributed by atoms with Crippen LogP contribution in [0.15, 0.2) is 66.4 Å². The van der Waals surface area contributed by atoms with Gasteiger partial charge in [-0.3, -0.25) is 9.59 Å². The van der Waals surface area contributed by atoms with E-state index in [-0.39, 0.29) is 11.8 Å². The molecule has 0 fully saturated rings. The lowest BCUT2D eigenvalue weighted by Gasteiger charge is -2.16. The van der Waals surface area contributed by atoms with E-state index in [0.717, 1.165) is 0 Å². The molecular formula is C20H14Br4N4O2. The molecule has 0 saturated heterocycles. The van der Waals surface area contributed by atoms with E-state index in [1.54, 1.807) is 48.5 Å². The van der Waals surface area contributed by atoms with Gasteiger partial charge in [0.2, 0.25) is 0 Å². The van der Waals surface area contributed by atoms with Gasteiger partial charge in [-0.1, -0.05) is 0 Å². The third-order valence-electron chi connectivity index (χ3n) is 4.05. The predicted molar refractivity (Wildman–Crippen MR) is 135 cm³/mol. The number of benzene rings is 3. The van der Waals surface area contributed by atoms with Gasteiger partial charge in [-0.25, -0.2) is 0 Å². The third kappa shape index (κ3) is 4.88. The van der Waals surface area contributed by atoms with Crippen molar-refractivity contribution in [2.24, 2.45) is 0 Å². The summed E-state index contributed by atoms with van der Waals surface area (Å²) in [5, 5.41) is 5.61. The first kappa shape index (κ1) is 22.8. The van der Waals surface area contributed by atoms with E-state index >= 15 is 0 Å². The van der Waals surface area contributed by atoms with Gasteiger partial charge in [-0.2, -0.15) is 0 Å². The molecule has 2 amide bonds. The Morgan fingerprint density at radius 2 is 0.833 bits per heavy atom. The fraction of sp³-hybridized carbons (Fsp3) is 0. The predicted octanol–water partition coefficient (Wildman–Crippen LogP) is 6.41. The van der Waals surface area contributed by atoms with E-state index < -0.39 is 0 Å². The number of anilines is 4. The topological polar surface area (TPSA) is 110 Å². The summed E-state index contributed by atoms with van der Waals surface area (Å²) in [6.45, 7) is 0. The maximum absolute atomic E-state index is 12.9. The monoisotopic (exact) mass is 658 g/mol. The number of nitrogens with two attached hydrogens (primary N) is 2. The molecule has 0 aliphatic rings. The Morgan fingerprint density at radius 1 is 0.567 bits per heavy atom. The molecule has 0 atom stereocenters. The van der Waals surface area contributed by atoms with Crippen LogP contribution in [-0.2, 0) is 0 Å². The Labute approximate surface area is 206 Å². The molecule has 154 valence electrons. The number of amides is 2. The molecule has 6 nitrogen and oxygen atoms in total. The highest BCUT2D eigenvalue weighted by Crippen LogP contribution is 2.42. The van der Waals surface area contributed by atoms with Crippen molar-refractivity contribution in [2.75, 3.05) is 22.1 Å². The van der Waals surface area contributed by atoms with E-state index in [1.807, 2.05) is 0 Å². The largest absolute Gasteiger partial charge is 0.399 e. The number of halogens is 4. The number of hydrogen-bond acceptors (Lipinski definition) is 4. The molecule has 0 aliphatic carbocycles. The van der Waals surface area contributed by atoms with Gasteiger partial charge < -0.3 is 22.1 Å². The van der Waals surface area contributed by atoms with Crippen LogP contribution in [0.4, 0.5) is 22.7 Å². The summed E-state index contributed by atoms with van der Waals surface area (Å²) in [6, 6.07) is 13.6. The standard InChI is InChI=1S/C20H14Br4N4O2/c21-15-13(19(29)27-11-5-1-9(25)2-6-11)16(22)18(24)14(17(15)23)20(30)28-12-7-3-10(26)4-8-12/h1-8H,25-26H2,(H,27,29)(H,28,30). The molecule has 0 heterocycles. The first-order valence-electron chi connectivity index (χ1n) is 8.38. The number of carbonyl (C=O) groups excluding carboxylic acids is 2. The van der Waals surface area contributed by atoms with E-state index in [9.17, 15) is 9.59 Å². The average Bonchev–Trinajstić information content (AvgIpc) is 2.70. The molecule has 3 rings (SSSR count). The van der Waals surface area contributed by atoms with Crippen molar-refractivity contribution in [3.05, 3.63) is 77.5 Å². The van der Waals surface area contributed by atoms with E-state index in [2.05, 4.69) is 74.4 Å². The molecule has 0 spiro atoms. The Balaban J connectivity index is 1.94. The summed E-state index contributed by atoms with van der Waals surface area (Å²) in [7, 11) is 0. The average molecular weight is 662 g/mol. The zero-order valence-corrected chi connectivity index (χ0v) is 21.4. The van der Waals surface area contributed by atoms with E-state index in [1.165, 1.54) is 0 Å². The summed E-state index contributed by atoms with van der Waals surface area (Å²) >= 11 is 13.7. The molecule has 3 aromatic rings. The molecule has 3 aromatic carbocycles. The molecule has 0 radical (unpaired) electrons. The van der Waals surface area contributed by atoms with Gasteiger partial charge in [0.05, 0.1) is 11.1 Å². The Bertz CT molecular complexity index is 1010. The SMILES string of the molecule is Nc1ccc(NC(=O)c2c(Br)c(Br)c(C(=O)Nc3ccc(N)cc3)c(Br)c2Br)cc1. The molecule has 0 aliphatic heterocycles. The lowest BCUT2D eigenvalue weighted by Crippen LogP contribution is -2.18. The second-order valence-corrected chi connectivity index (χ2v) is 9.33. The number of carbonyl (C=O) groups is 2. The number of hydrogen-bond donors (Lipinski definition) is 4. The van der Waals surface area contributed by atoms with E-state index in [4.69, 9.17) is 11.5 Å². The molecule has 0 bridgehead atoms. The highest BCUT2D eigenvalue weighted by Gasteiger charge is 2.27. The number of rotatable bonds is 4. The highest BCUT2D eigenvalue weighted by atomic mass is 79.9. The Hall–Kier alpha value is -1.88. The first-order valence-corrected chi connectivity index (χ1v) is 11.6. The number of nitrogens with one attached hydrogen (secondary N) is 2. The number of nitrogen functional groups attached to an aromatic ring is 2. The van der Waals surface area contributed by atoms with Gasteiger partial charge in [0.1, 0.15) is 0 Å². The minimum absolute atomic E-state index is 0.314. The van der Waals surface area contributed by atoms with Gasteiger partial charge >= 0.3 is 0 Å². The molecule has 0 aromatic heterocycles. The van der Waals surface area contributed by atoms with Crippen molar-refractivity contribution in [1.82, 2.24) is 0 Å². The summed E-state index contributed by atoms with van der Waals surface area (Å²) in [5.41, 5.74) is 14.4. The Morgan fingerprint density at radius 3 is 1.10 bits per heavy atom. The fourth-order valence-corrected chi connectivity index (χ4v) is 5.39. The van der Waals surface area contributed by atoms with Gasteiger partial charge in [-0.15, -0.1) is 0 Å². The maximum Gasteiger partial charge on any atom is 0.258 e. The molecule has 0 saturated carbocycles. The maximum atomic E-state index is 12.9. The summed E-state index contributed by atoms with van der Waals surface area (Å²) < 4.78 is 1.70. The zero-order valence-electron chi connectivity index (χ0n) is 15.1. The summed E-state index contributed by atoms with van der Waals surface area (Å²) in [5.74, 6) is -0.740. The van der Waals surface area contributed by atoms with Crippen molar-refractivity contribution < 1.29 is 9.59 Å². The van der Waals surface area contributed by atoms with Crippen LogP contribution in [0.5, 0.6) is 0 Å². The Kier molecular flexibility index (Phi) is 7.22. The normalized spacial score (nSPS) is 10.5. The van der Waals surface area contributed by atoms with Crippen LogP contribution < -0.4 is 22.1 Å². The minimum Gasteiger partial charge on any atom is -0.399 e. The van der Waals surface area contributed by atoms with Crippen LogP contribution in [0.1, 0.15) is 20.7 Å². The van der Waals surface area contributed by atoms with Crippen LogP contribution in [0, 0.1) is 0 Å². The quantitative estimate of drug-likeness (QED) is 0.192. The molecule has 0 unspecified atom stereocenters. The smallest absolute Gasteiger partial charge is 0.258 e.